The van der Waals surface area contributed by atoms with Crippen LogP contribution in [0.1, 0.15) is 45.3 Å². The second-order valence-corrected chi connectivity index (χ2v) is 10.3. The lowest BCUT2D eigenvalue weighted by atomic mass is 10.0. The van der Waals surface area contributed by atoms with E-state index in [0.29, 0.717) is 19.7 Å². The predicted molar refractivity (Wildman–Crippen MR) is 146 cm³/mol. The SMILES string of the molecule is COCCN1CC[C@H](C)N2C(=O)c3c(OCc4ccccc4)c(=O)c(C(=O)NCc4ccc(F)cc4F)cn3C[C@@H]12. The number of hydrogen-bond donors (Lipinski definition) is 1. The van der Waals surface area contributed by atoms with Gasteiger partial charge in [-0.15, -0.1) is 0 Å². The van der Waals surface area contributed by atoms with Crippen molar-refractivity contribution in [1.82, 2.24) is 19.7 Å². The molecular formula is C30H32F2N4O5. The average Bonchev–Trinajstić information content (AvgIpc) is 2.96. The van der Waals surface area contributed by atoms with Gasteiger partial charge in [0.05, 0.1) is 13.2 Å². The highest BCUT2D eigenvalue weighted by atomic mass is 19.1. The number of carbonyl (C=O) groups is 2. The molecule has 0 unspecified atom stereocenters. The normalized spacial score (nSPS) is 18.5. The van der Waals surface area contributed by atoms with E-state index in [2.05, 4.69) is 10.2 Å². The van der Waals surface area contributed by atoms with Crippen LogP contribution in [0.3, 0.4) is 0 Å². The van der Waals surface area contributed by atoms with Crippen LogP contribution < -0.4 is 15.5 Å². The number of rotatable bonds is 9. The third-order valence-corrected chi connectivity index (χ3v) is 7.59. The van der Waals surface area contributed by atoms with Gasteiger partial charge in [0.25, 0.3) is 11.8 Å². The summed E-state index contributed by atoms with van der Waals surface area (Å²) < 4.78 is 40.3. The molecule has 2 aliphatic rings. The molecular weight excluding hydrogens is 534 g/mol. The molecule has 2 aromatic carbocycles. The van der Waals surface area contributed by atoms with Gasteiger partial charge >= 0.3 is 0 Å². The molecule has 3 heterocycles. The number of nitrogens with zero attached hydrogens (tertiary/aromatic N) is 3. The van der Waals surface area contributed by atoms with Crippen LogP contribution in [0.4, 0.5) is 8.78 Å². The first kappa shape index (κ1) is 28.4. The molecule has 1 saturated heterocycles. The number of halogens is 2. The maximum absolute atomic E-state index is 14.2. The second-order valence-electron chi connectivity index (χ2n) is 10.3. The second kappa shape index (κ2) is 12.2. The van der Waals surface area contributed by atoms with E-state index < -0.39 is 23.0 Å². The number of amides is 2. The van der Waals surface area contributed by atoms with Gasteiger partial charge in [0, 0.05) is 50.6 Å². The molecule has 216 valence electrons. The number of benzene rings is 2. The van der Waals surface area contributed by atoms with Crippen molar-refractivity contribution in [3.8, 4) is 5.75 Å². The molecule has 1 N–H and O–H groups in total. The first-order valence-electron chi connectivity index (χ1n) is 13.5. The number of aromatic nitrogens is 1. The fourth-order valence-electron chi connectivity index (χ4n) is 5.38. The van der Waals surface area contributed by atoms with E-state index in [1.54, 1.807) is 16.6 Å². The Balaban J connectivity index is 1.52. The zero-order valence-electron chi connectivity index (χ0n) is 22.9. The Bertz CT molecular complexity index is 1490. The molecule has 0 saturated carbocycles. The molecule has 5 rings (SSSR count). The summed E-state index contributed by atoms with van der Waals surface area (Å²) in [4.78, 5) is 44.9. The Morgan fingerprint density at radius 3 is 2.63 bits per heavy atom. The fraction of sp³-hybridized carbons (Fsp3) is 0.367. The molecule has 0 radical (unpaired) electrons. The summed E-state index contributed by atoms with van der Waals surface area (Å²) in [7, 11) is 1.62. The van der Waals surface area contributed by atoms with E-state index in [1.165, 1.54) is 12.3 Å². The minimum atomic E-state index is -0.812. The lowest BCUT2D eigenvalue weighted by Gasteiger charge is -2.50. The first-order valence-corrected chi connectivity index (χ1v) is 13.5. The summed E-state index contributed by atoms with van der Waals surface area (Å²) in [6.45, 7) is 3.91. The summed E-state index contributed by atoms with van der Waals surface area (Å²) in [5.74, 6) is -2.87. The number of nitrogens with one attached hydrogen (secondary N) is 1. The van der Waals surface area contributed by atoms with Crippen LogP contribution in [0.15, 0.2) is 59.5 Å². The van der Waals surface area contributed by atoms with Crippen LogP contribution in [-0.2, 0) is 24.4 Å². The molecule has 0 bridgehead atoms. The van der Waals surface area contributed by atoms with Crippen molar-refractivity contribution >= 4 is 11.8 Å². The highest BCUT2D eigenvalue weighted by molar-refractivity contribution is 5.99. The molecule has 1 fully saturated rings. The van der Waals surface area contributed by atoms with Gasteiger partial charge < -0.3 is 24.3 Å². The third kappa shape index (κ3) is 5.86. The van der Waals surface area contributed by atoms with Crippen LogP contribution in [0, 0.1) is 11.6 Å². The van der Waals surface area contributed by atoms with Gasteiger partial charge in [-0.3, -0.25) is 19.3 Å². The van der Waals surface area contributed by atoms with Gasteiger partial charge in [-0.25, -0.2) is 8.78 Å². The Morgan fingerprint density at radius 1 is 1.12 bits per heavy atom. The minimum Gasteiger partial charge on any atom is -0.483 e. The smallest absolute Gasteiger partial charge is 0.276 e. The molecule has 2 amide bonds. The van der Waals surface area contributed by atoms with Crippen molar-refractivity contribution in [2.75, 3.05) is 26.8 Å². The summed E-state index contributed by atoms with van der Waals surface area (Å²) >= 11 is 0. The molecule has 0 spiro atoms. The van der Waals surface area contributed by atoms with Gasteiger partial charge in [-0.1, -0.05) is 36.4 Å². The van der Waals surface area contributed by atoms with Crippen molar-refractivity contribution in [2.45, 2.75) is 45.2 Å². The van der Waals surface area contributed by atoms with Gasteiger partial charge in [0.1, 0.15) is 30.0 Å². The fourth-order valence-corrected chi connectivity index (χ4v) is 5.38. The molecule has 2 aliphatic heterocycles. The van der Waals surface area contributed by atoms with Crippen molar-refractivity contribution in [3.05, 3.63) is 99.0 Å². The summed E-state index contributed by atoms with van der Waals surface area (Å²) in [5, 5.41) is 2.54. The van der Waals surface area contributed by atoms with E-state index in [4.69, 9.17) is 9.47 Å². The van der Waals surface area contributed by atoms with E-state index in [0.717, 1.165) is 30.7 Å². The van der Waals surface area contributed by atoms with Crippen LogP contribution in [0.5, 0.6) is 5.75 Å². The van der Waals surface area contributed by atoms with Crippen LogP contribution >= 0.6 is 0 Å². The lowest BCUT2D eigenvalue weighted by Crippen LogP contribution is -2.64. The van der Waals surface area contributed by atoms with Crippen molar-refractivity contribution in [3.63, 3.8) is 0 Å². The maximum atomic E-state index is 14.2. The zero-order chi connectivity index (χ0) is 29.1. The van der Waals surface area contributed by atoms with Crippen molar-refractivity contribution < 1.29 is 27.8 Å². The van der Waals surface area contributed by atoms with Gasteiger partial charge in [0.15, 0.2) is 11.4 Å². The van der Waals surface area contributed by atoms with E-state index >= 15 is 0 Å². The molecule has 1 aromatic heterocycles. The highest BCUT2D eigenvalue weighted by Gasteiger charge is 2.43. The molecule has 2 atom stereocenters. The Morgan fingerprint density at radius 2 is 1.90 bits per heavy atom. The number of hydrogen-bond acceptors (Lipinski definition) is 6. The first-order chi connectivity index (χ1) is 19.8. The minimum absolute atomic E-state index is 0.0150. The van der Waals surface area contributed by atoms with Gasteiger partial charge in [-0.2, -0.15) is 0 Å². The maximum Gasteiger partial charge on any atom is 0.276 e. The van der Waals surface area contributed by atoms with Crippen LogP contribution in [-0.4, -0.2) is 65.2 Å². The predicted octanol–water partition coefficient (Wildman–Crippen LogP) is 3.16. The summed E-state index contributed by atoms with van der Waals surface area (Å²) in [6, 6.07) is 12.2. The van der Waals surface area contributed by atoms with Crippen molar-refractivity contribution in [1.29, 1.82) is 0 Å². The van der Waals surface area contributed by atoms with Gasteiger partial charge in [-0.05, 0) is 25.0 Å². The number of carbonyl (C=O) groups excluding carboxylic acids is 2. The Labute approximate surface area is 236 Å². The molecule has 11 heteroatoms. The van der Waals surface area contributed by atoms with E-state index in [9.17, 15) is 23.2 Å². The van der Waals surface area contributed by atoms with Crippen LogP contribution in [0.25, 0.3) is 0 Å². The number of fused-ring (bicyclic) bond motifs is 2. The number of pyridine rings is 1. The zero-order valence-corrected chi connectivity index (χ0v) is 22.9. The third-order valence-electron chi connectivity index (χ3n) is 7.59. The van der Waals surface area contributed by atoms with Crippen LogP contribution in [0.2, 0.25) is 0 Å². The molecule has 3 aromatic rings. The lowest BCUT2D eigenvalue weighted by molar-refractivity contribution is -0.0397. The van der Waals surface area contributed by atoms with Gasteiger partial charge in [0.2, 0.25) is 5.43 Å². The molecule has 41 heavy (non-hydrogen) atoms. The summed E-state index contributed by atoms with van der Waals surface area (Å²) in [6.07, 6.45) is 1.83. The Kier molecular flexibility index (Phi) is 8.46. The van der Waals surface area contributed by atoms with E-state index in [-0.39, 0.29) is 53.8 Å². The monoisotopic (exact) mass is 566 g/mol. The Hall–Kier alpha value is -4.09. The molecule has 0 aliphatic carbocycles. The summed E-state index contributed by atoms with van der Waals surface area (Å²) in [5.41, 5.74) is -0.0479. The van der Waals surface area contributed by atoms with Crippen molar-refractivity contribution in [2.24, 2.45) is 0 Å². The largest absolute Gasteiger partial charge is 0.483 e. The highest BCUT2D eigenvalue weighted by Crippen LogP contribution is 2.31. The molecule has 9 nitrogen and oxygen atoms in total. The quantitative estimate of drug-likeness (QED) is 0.428. The number of methoxy groups -OCH3 is 1. The average molecular weight is 567 g/mol. The topological polar surface area (TPSA) is 93.1 Å². The standard InChI is InChI=1S/C30H32F2N4O5/c1-19-10-11-34(12-13-40-2)25-17-35-16-23(29(38)33-15-21-8-9-22(31)14-24(21)32)27(37)28(26(35)30(39)36(19)25)41-18-20-6-4-3-5-7-20/h3-9,14,16,19,25H,10-13,15,17-18H2,1-2H3,(H,33,38)/t19-,25-/m0/s1. The number of ether oxygens (including phenoxy) is 2. The van der Waals surface area contributed by atoms with E-state index in [1.807, 2.05) is 37.3 Å².